The van der Waals surface area contributed by atoms with Crippen LogP contribution in [-0.4, -0.2) is 12.8 Å². The molecule has 1 atom stereocenters. The Morgan fingerprint density at radius 1 is 1.15 bits per heavy atom. The molecule has 0 spiro atoms. The molecule has 0 saturated carbocycles. The van der Waals surface area contributed by atoms with Crippen LogP contribution in [0.1, 0.15) is 19.4 Å². The molecule has 0 radical (unpaired) electrons. The summed E-state index contributed by atoms with van der Waals surface area (Å²) < 4.78 is 12.0. The minimum absolute atomic E-state index is 0.748. The third-order valence-corrected chi connectivity index (χ3v) is 5.09. The molecule has 1 aromatic rings. The molecule has 2 heteroatoms. The van der Waals surface area contributed by atoms with Gasteiger partial charge in [-0.25, -0.2) is 0 Å². The van der Waals surface area contributed by atoms with Crippen LogP contribution in [0.3, 0.4) is 0 Å². The summed E-state index contributed by atoms with van der Waals surface area (Å²) in [7, 11) is -2.06. The van der Waals surface area contributed by atoms with E-state index < -0.39 is 7.14 Å². The second-order valence-electron chi connectivity index (χ2n) is 3.44. The van der Waals surface area contributed by atoms with Crippen molar-refractivity contribution in [3.63, 3.8) is 0 Å². The van der Waals surface area contributed by atoms with E-state index in [-0.39, 0.29) is 0 Å². The molecule has 1 nitrogen and oxygen atoms in total. The summed E-state index contributed by atoms with van der Waals surface area (Å²) in [6.07, 6.45) is 1.79. The van der Waals surface area contributed by atoms with E-state index in [4.69, 9.17) is 0 Å². The van der Waals surface area contributed by atoms with Gasteiger partial charge in [-0.05, 0) is 18.6 Å². The molecule has 1 aromatic carbocycles. The summed E-state index contributed by atoms with van der Waals surface area (Å²) in [6.45, 7) is 5.96. The number of hydrogen-bond acceptors (Lipinski definition) is 1. The summed E-state index contributed by atoms with van der Waals surface area (Å²) in [6, 6.07) is 8.15. The first-order chi connectivity index (χ1) is 6.10. The van der Waals surface area contributed by atoms with E-state index in [1.54, 1.807) is 0 Å². The molecule has 0 aliphatic rings. The Morgan fingerprint density at radius 2 is 1.69 bits per heavy atom. The maximum Gasteiger partial charge on any atom is 0.112 e. The topological polar surface area (TPSA) is 17.1 Å². The second-order valence-corrected chi connectivity index (χ2v) is 6.79. The van der Waals surface area contributed by atoms with Gasteiger partial charge < -0.3 is 4.57 Å². The van der Waals surface area contributed by atoms with Crippen LogP contribution in [0.4, 0.5) is 0 Å². The smallest absolute Gasteiger partial charge is 0.112 e. The van der Waals surface area contributed by atoms with Gasteiger partial charge in [0.1, 0.15) is 7.14 Å². The van der Waals surface area contributed by atoms with E-state index in [2.05, 4.69) is 19.1 Å². The van der Waals surface area contributed by atoms with E-state index in [1.807, 2.05) is 25.7 Å². The van der Waals surface area contributed by atoms with Gasteiger partial charge in [0.05, 0.1) is 0 Å². The molecule has 72 valence electrons. The Kier molecular flexibility index (Phi) is 3.33. The summed E-state index contributed by atoms with van der Waals surface area (Å²) in [5.41, 5.74) is 1.31. The van der Waals surface area contributed by atoms with E-state index in [0.717, 1.165) is 17.9 Å². The lowest BCUT2D eigenvalue weighted by atomic mass is 10.2. The van der Waals surface area contributed by atoms with Gasteiger partial charge in [-0.3, -0.25) is 0 Å². The fourth-order valence-electron chi connectivity index (χ4n) is 1.23. The summed E-state index contributed by atoms with van der Waals surface area (Å²) in [5.74, 6) is 0. The average Bonchev–Trinajstić information content (AvgIpc) is 2.18. The summed E-state index contributed by atoms with van der Waals surface area (Å²) in [5, 5.41) is 1.01. The van der Waals surface area contributed by atoms with Gasteiger partial charge in [0.15, 0.2) is 0 Å². The largest absolute Gasteiger partial charge is 0.319 e. The molecule has 13 heavy (non-hydrogen) atoms. The van der Waals surface area contributed by atoms with Gasteiger partial charge in [0.25, 0.3) is 0 Å². The zero-order valence-corrected chi connectivity index (χ0v) is 9.47. The molecule has 0 aliphatic carbocycles. The second kappa shape index (κ2) is 4.11. The molecule has 0 amide bonds. The Bertz CT molecular complexity index is 313. The zero-order chi connectivity index (χ0) is 9.90. The van der Waals surface area contributed by atoms with Crippen molar-refractivity contribution in [2.45, 2.75) is 20.3 Å². The van der Waals surface area contributed by atoms with Gasteiger partial charge in [0, 0.05) is 11.5 Å². The lowest BCUT2D eigenvalue weighted by Crippen LogP contribution is -2.05. The van der Waals surface area contributed by atoms with Gasteiger partial charge in [0.2, 0.25) is 0 Å². The Balaban J connectivity index is 2.99. The minimum atomic E-state index is -2.06. The molecule has 0 saturated heterocycles. The van der Waals surface area contributed by atoms with E-state index >= 15 is 0 Å². The zero-order valence-electron chi connectivity index (χ0n) is 8.58. The van der Waals surface area contributed by atoms with Crippen LogP contribution in [0.2, 0.25) is 0 Å². The van der Waals surface area contributed by atoms with Crippen LogP contribution >= 0.6 is 7.14 Å². The molecular formula is C11H17OP. The quantitative estimate of drug-likeness (QED) is 0.679. The first-order valence-corrected chi connectivity index (χ1v) is 7.10. The summed E-state index contributed by atoms with van der Waals surface area (Å²) in [4.78, 5) is 0. The SMILES string of the molecule is CCc1ccc(P(C)(=O)CC)cc1. The lowest BCUT2D eigenvalue weighted by molar-refractivity contribution is 0.585. The van der Waals surface area contributed by atoms with Crippen LogP contribution < -0.4 is 5.30 Å². The molecule has 0 aliphatic heterocycles. The van der Waals surface area contributed by atoms with Crippen molar-refractivity contribution in [3.8, 4) is 0 Å². The highest BCUT2D eigenvalue weighted by atomic mass is 31.2. The van der Waals surface area contributed by atoms with Crippen LogP contribution in [-0.2, 0) is 11.0 Å². The molecule has 0 heterocycles. The van der Waals surface area contributed by atoms with Crippen molar-refractivity contribution in [2.75, 3.05) is 12.8 Å². The number of aryl methyl sites for hydroxylation is 1. The third kappa shape index (κ3) is 2.45. The molecule has 0 aromatic heterocycles. The Morgan fingerprint density at radius 3 is 2.08 bits per heavy atom. The first-order valence-electron chi connectivity index (χ1n) is 4.76. The van der Waals surface area contributed by atoms with Crippen LogP contribution in [0.15, 0.2) is 24.3 Å². The minimum Gasteiger partial charge on any atom is -0.319 e. The monoisotopic (exact) mass is 196 g/mol. The van der Waals surface area contributed by atoms with Crippen molar-refractivity contribution >= 4 is 12.4 Å². The Hall–Kier alpha value is -0.550. The molecule has 0 bridgehead atoms. The highest BCUT2D eigenvalue weighted by molar-refractivity contribution is 7.70. The van der Waals surface area contributed by atoms with Crippen LogP contribution in [0.5, 0.6) is 0 Å². The Labute approximate surface area is 80.5 Å². The maximum atomic E-state index is 12.0. The van der Waals surface area contributed by atoms with E-state index in [1.165, 1.54) is 5.56 Å². The fraction of sp³-hybridized carbons (Fsp3) is 0.455. The number of benzene rings is 1. The third-order valence-electron chi connectivity index (χ3n) is 2.49. The van der Waals surface area contributed by atoms with Crippen LogP contribution in [0.25, 0.3) is 0 Å². The highest BCUT2D eigenvalue weighted by Gasteiger charge is 2.14. The number of rotatable bonds is 3. The molecule has 1 rings (SSSR count). The number of hydrogen-bond donors (Lipinski definition) is 0. The predicted octanol–water partition coefficient (Wildman–Crippen LogP) is 2.89. The summed E-state index contributed by atoms with van der Waals surface area (Å²) >= 11 is 0. The lowest BCUT2D eigenvalue weighted by Gasteiger charge is -2.10. The molecular weight excluding hydrogens is 179 g/mol. The van der Waals surface area contributed by atoms with Gasteiger partial charge >= 0.3 is 0 Å². The van der Waals surface area contributed by atoms with Crippen LogP contribution in [0, 0.1) is 0 Å². The first kappa shape index (κ1) is 10.5. The van der Waals surface area contributed by atoms with Crippen molar-refractivity contribution in [3.05, 3.63) is 29.8 Å². The van der Waals surface area contributed by atoms with Crippen molar-refractivity contribution in [2.24, 2.45) is 0 Å². The molecule has 0 fully saturated rings. The van der Waals surface area contributed by atoms with Gasteiger partial charge in [-0.15, -0.1) is 0 Å². The molecule has 1 unspecified atom stereocenters. The standard InChI is InChI=1S/C11H17OP/c1-4-10-6-8-11(9-7-10)13(3,12)5-2/h6-9H,4-5H2,1-3H3. The predicted molar refractivity (Wildman–Crippen MR) is 59.5 cm³/mol. The van der Waals surface area contributed by atoms with E-state index in [0.29, 0.717) is 0 Å². The van der Waals surface area contributed by atoms with Crippen molar-refractivity contribution < 1.29 is 4.57 Å². The van der Waals surface area contributed by atoms with Gasteiger partial charge in [-0.1, -0.05) is 38.1 Å². The van der Waals surface area contributed by atoms with Crippen molar-refractivity contribution in [1.29, 1.82) is 0 Å². The fourth-order valence-corrected chi connectivity index (χ4v) is 2.37. The van der Waals surface area contributed by atoms with Crippen molar-refractivity contribution in [1.82, 2.24) is 0 Å². The van der Waals surface area contributed by atoms with E-state index in [9.17, 15) is 4.57 Å². The maximum absolute atomic E-state index is 12.0. The highest BCUT2D eigenvalue weighted by Crippen LogP contribution is 2.38. The molecule has 0 N–H and O–H groups in total. The van der Waals surface area contributed by atoms with Gasteiger partial charge in [-0.2, -0.15) is 0 Å². The average molecular weight is 196 g/mol. The normalized spacial score (nSPS) is 15.3.